The van der Waals surface area contributed by atoms with E-state index in [0.29, 0.717) is 16.9 Å². The van der Waals surface area contributed by atoms with E-state index in [4.69, 9.17) is 0 Å². The van der Waals surface area contributed by atoms with Crippen molar-refractivity contribution in [2.75, 3.05) is 6.54 Å². The second-order valence-electron chi connectivity index (χ2n) is 5.09. The molecule has 1 aliphatic heterocycles. The van der Waals surface area contributed by atoms with Crippen molar-refractivity contribution in [2.24, 2.45) is 5.92 Å². The highest BCUT2D eigenvalue weighted by Gasteiger charge is 2.30. The number of hydrogen-bond acceptors (Lipinski definition) is 1. The second kappa shape index (κ2) is 5.39. The summed E-state index contributed by atoms with van der Waals surface area (Å²) in [6.45, 7) is 4.86. The summed E-state index contributed by atoms with van der Waals surface area (Å²) in [7, 11) is 0. The van der Waals surface area contributed by atoms with Crippen molar-refractivity contribution in [1.82, 2.24) is 4.90 Å². The summed E-state index contributed by atoms with van der Waals surface area (Å²) in [6.07, 6.45) is 2.11. The average Bonchev–Trinajstić information content (AvgIpc) is 2.32. The van der Waals surface area contributed by atoms with E-state index in [9.17, 15) is 9.18 Å². The number of halogens is 2. The molecule has 2 rings (SSSR count). The maximum Gasteiger partial charge on any atom is 0.258 e. The van der Waals surface area contributed by atoms with Crippen LogP contribution < -0.4 is 0 Å². The largest absolute Gasteiger partial charge is 0.336 e. The van der Waals surface area contributed by atoms with Crippen molar-refractivity contribution in [3.8, 4) is 0 Å². The lowest BCUT2D eigenvalue weighted by Gasteiger charge is -2.37. The van der Waals surface area contributed by atoms with Gasteiger partial charge >= 0.3 is 0 Å². The SMILES string of the molecule is CC1CCC(C)N(C(=O)c2c(F)cccc2Br)C1. The van der Waals surface area contributed by atoms with Crippen LogP contribution in [-0.2, 0) is 0 Å². The van der Waals surface area contributed by atoms with Crippen LogP contribution in [0.3, 0.4) is 0 Å². The summed E-state index contributed by atoms with van der Waals surface area (Å²) in [5, 5.41) is 0. The molecule has 1 heterocycles. The number of carbonyl (C=O) groups is 1. The van der Waals surface area contributed by atoms with Gasteiger partial charge in [-0.3, -0.25) is 4.79 Å². The molecule has 2 unspecified atom stereocenters. The number of hydrogen-bond donors (Lipinski definition) is 0. The molecule has 0 radical (unpaired) electrons. The van der Waals surface area contributed by atoms with Gasteiger partial charge in [0.15, 0.2) is 0 Å². The van der Waals surface area contributed by atoms with E-state index in [-0.39, 0.29) is 17.5 Å². The fourth-order valence-electron chi connectivity index (χ4n) is 2.42. The summed E-state index contributed by atoms with van der Waals surface area (Å²) in [5.41, 5.74) is 0.151. The fourth-order valence-corrected chi connectivity index (χ4v) is 2.93. The lowest BCUT2D eigenvalue weighted by molar-refractivity contribution is 0.0568. The van der Waals surface area contributed by atoms with Gasteiger partial charge in [-0.15, -0.1) is 0 Å². The van der Waals surface area contributed by atoms with E-state index < -0.39 is 5.82 Å². The van der Waals surface area contributed by atoms with Gasteiger partial charge < -0.3 is 4.90 Å². The standard InChI is InChI=1S/C14H17BrFNO/c1-9-6-7-10(2)17(8-9)14(18)13-11(15)4-3-5-12(13)16/h3-5,9-10H,6-8H2,1-2H3. The van der Waals surface area contributed by atoms with Crippen LogP contribution in [-0.4, -0.2) is 23.4 Å². The summed E-state index contributed by atoms with van der Waals surface area (Å²) in [6, 6.07) is 4.81. The number of likely N-dealkylation sites (tertiary alicyclic amines) is 1. The molecule has 18 heavy (non-hydrogen) atoms. The first-order valence-corrected chi connectivity index (χ1v) is 7.05. The summed E-state index contributed by atoms with van der Waals surface area (Å²) < 4.78 is 14.3. The average molecular weight is 314 g/mol. The van der Waals surface area contributed by atoms with Gasteiger partial charge in [-0.1, -0.05) is 13.0 Å². The molecule has 1 fully saturated rings. The highest BCUT2D eigenvalue weighted by Crippen LogP contribution is 2.27. The van der Waals surface area contributed by atoms with E-state index in [1.165, 1.54) is 6.07 Å². The number of amides is 1. The molecule has 0 N–H and O–H groups in total. The van der Waals surface area contributed by atoms with Crippen LogP contribution in [0, 0.1) is 11.7 Å². The Morgan fingerprint density at radius 3 is 2.78 bits per heavy atom. The quantitative estimate of drug-likeness (QED) is 0.771. The first kappa shape index (κ1) is 13.5. The zero-order valence-corrected chi connectivity index (χ0v) is 12.2. The lowest BCUT2D eigenvalue weighted by Crippen LogP contribution is -2.45. The molecule has 2 atom stereocenters. The van der Waals surface area contributed by atoms with Gasteiger partial charge in [-0.2, -0.15) is 0 Å². The molecule has 98 valence electrons. The maximum absolute atomic E-state index is 13.8. The predicted octanol–water partition coefficient (Wildman–Crippen LogP) is 3.85. The first-order valence-electron chi connectivity index (χ1n) is 6.25. The molecule has 1 aromatic rings. The highest BCUT2D eigenvalue weighted by molar-refractivity contribution is 9.10. The number of rotatable bonds is 1. The predicted molar refractivity (Wildman–Crippen MR) is 73.0 cm³/mol. The minimum Gasteiger partial charge on any atom is -0.336 e. The Hall–Kier alpha value is -0.900. The molecule has 1 aromatic carbocycles. The van der Waals surface area contributed by atoms with Crippen LogP contribution in [0.15, 0.2) is 22.7 Å². The van der Waals surface area contributed by atoms with Crippen LogP contribution in [0.1, 0.15) is 37.0 Å². The molecule has 0 bridgehead atoms. The first-order chi connectivity index (χ1) is 8.50. The van der Waals surface area contributed by atoms with Gasteiger partial charge in [0.1, 0.15) is 5.82 Å². The molecule has 0 saturated carbocycles. The molecular weight excluding hydrogens is 297 g/mol. The summed E-state index contributed by atoms with van der Waals surface area (Å²) in [4.78, 5) is 14.2. The van der Waals surface area contributed by atoms with Gasteiger partial charge in [0.05, 0.1) is 5.56 Å². The van der Waals surface area contributed by atoms with Crippen LogP contribution in [0.4, 0.5) is 4.39 Å². The van der Waals surface area contributed by atoms with Gasteiger partial charge in [-0.05, 0) is 53.7 Å². The molecule has 4 heteroatoms. The number of benzene rings is 1. The van der Waals surface area contributed by atoms with E-state index in [1.807, 2.05) is 6.92 Å². The van der Waals surface area contributed by atoms with Gasteiger partial charge in [-0.25, -0.2) is 4.39 Å². The molecule has 0 aromatic heterocycles. The minimum atomic E-state index is -0.459. The maximum atomic E-state index is 13.8. The Kier molecular flexibility index (Phi) is 4.05. The Bertz CT molecular complexity index is 443. The van der Waals surface area contributed by atoms with Crippen molar-refractivity contribution in [3.05, 3.63) is 34.1 Å². The van der Waals surface area contributed by atoms with Crippen molar-refractivity contribution in [2.45, 2.75) is 32.7 Å². The van der Waals surface area contributed by atoms with E-state index in [0.717, 1.165) is 12.8 Å². The van der Waals surface area contributed by atoms with Crippen LogP contribution in [0.5, 0.6) is 0 Å². The highest BCUT2D eigenvalue weighted by atomic mass is 79.9. The Morgan fingerprint density at radius 2 is 2.11 bits per heavy atom. The third kappa shape index (κ3) is 2.58. The van der Waals surface area contributed by atoms with Crippen LogP contribution in [0.2, 0.25) is 0 Å². The molecule has 1 amide bonds. The van der Waals surface area contributed by atoms with Gasteiger partial charge in [0, 0.05) is 17.1 Å². The zero-order chi connectivity index (χ0) is 13.3. The molecule has 1 aliphatic rings. The number of piperidine rings is 1. The fraction of sp³-hybridized carbons (Fsp3) is 0.500. The molecular formula is C14H17BrFNO. The second-order valence-corrected chi connectivity index (χ2v) is 5.94. The normalized spacial score (nSPS) is 24.1. The van der Waals surface area contributed by atoms with Crippen molar-refractivity contribution < 1.29 is 9.18 Å². The minimum absolute atomic E-state index is 0.151. The van der Waals surface area contributed by atoms with Crippen molar-refractivity contribution in [1.29, 1.82) is 0 Å². The van der Waals surface area contributed by atoms with Crippen LogP contribution >= 0.6 is 15.9 Å². The summed E-state index contributed by atoms with van der Waals surface area (Å²) in [5.74, 6) is -0.186. The van der Waals surface area contributed by atoms with Gasteiger partial charge in [0.2, 0.25) is 0 Å². The van der Waals surface area contributed by atoms with E-state index in [1.54, 1.807) is 17.0 Å². The topological polar surface area (TPSA) is 20.3 Å². The third-order valence-corrected chi connectivity index (χ3v) is 4.22. The molecule has 0 spiro atoms. The van der Waals surface area contributed by atoms with E-state index in [2.05, 4.69) is 22.9 Å². The smallest absolute Gasteiger partial charge is 0.258 e. The van der Waals surface area contributed by atoms with Crippen molar-refractivity contribution in [3.63, 3.8) is 0 Å². The Morgan fingerprint density at radius 1 is 1.39 bits per heavy atom. The molecule has 2 nitrogen and oxygen atoms in total. The summed E-state index contributed by atoms with van der Waals surface area (Å²) >= 11 is 3.26. The Labute approximate surface area is 115 Å². The molecule has 1 saturated heterocycles. The lowest BCUT2D eigenvalue weighted by atomic mass is 9.94. The van der Waals surface area contributed by atoms with Crippen molar-refractivity contribution >= 4 is 21.8 Å². The number of nitrogens with zero attached hydrogens (tertiary/aromatic N) is 1. The zero-order valence-electron chi connectivity index (χ0n) is 10.6. The number of carbonyl (C=O) groups excluding carboxylic acids is 1. The van der Waals surface area contributed by atoms with Gasteiger partial charge in [0.25, 0.3) is 5.91 Å². The van der Waals surface area contributed by atoms with Crippen LogP contribution in [0.25, 0.3) is 0 Å². The van der Waals surface area contributed by atoms with E-state index >= 15 is 0 Å². The Balaban J connectivity index is 2.30. The molecule has 0 aliphatic carbocycles. The third-order valence-electron chi connectivity index (χ3n) is 3.56. The monoisotopic (exact) mass is 313 g/mol.